The quantitative estimate of drug-likeness (QED) is 0.486. The molecule has 1 saturated carbocycles. The molecular weight excluding hydrogens is 390 g/mol. The highest BCUT2D eigenvalue weighted by molar-refractivity contribution is 7.21. The summed E-state index contributed by atoms with van der Waals surface area (Å²) in [6.45, 7) is 1.81. The van der Waals surface area contributed by atoms with Crippen molar-refractivity contribution in [2.75, 3.05) is 11.1 Å². The molecule has 3 aromatic heterocycles. The molecule has 1 aliphatic rings. The van der Waals surface area contributed by atoms with Gasteiger partial charge in [0, 0.05) is 18.4 Å². The first-order valence-electron chi connectivity index (χ1n) is 9.02. The molecule has 3 heterocycles. The Kier molecular flexibility index (Phi) is 5.11. The van der Waals surface area contributed by atoms with E-state index in [0.29, 0.717) is 43.4 Å². The van der Waals surface area contributed by atoms with E-state index in [1.165, 1.54) is 35.5 Å². The SMILES string of the molecule is C#Cc1c(NC2CCCC2)sc(C(=O)c2sc(-c3cnccn3)nc2C)c1N. The minimum Gasteiger partial charge on any atom is -0.396 e. The summed E-state index contributed by atoms with van der Waals surface area (Å²) in [5.41, 5.74) is 8.50. The molecule has 0 unspecified atom stereocenters. The van der Waals surface area contributed by atoms with Crippen LogP contribution in [0, 0.1) is 19.3 Å². The Morgan fingerprint density at radius 3 is 2.75 bits per heavy atom. The summed E-state index contributed by atoms with van der Waals surface area (Å²) in [4.78, 5) is 27.0. The fraction of sp³-hybridized carbons (Fsp3) is 0.300. The number of terminal acetylenes is 1. The summed E-state index contributed by atoms with van der Waals surface area (Å²) in [5, 5.41) is 4.96. The Morgan fingerprint density at radius 2 is 2.07 bits per heavy atom. The number of carbonyl (C=O) groups excluding carboxylic acids is 1. The van der Waals surface area contributed by atoms with E-state index in [9.17, 15) is 4.79 Å². The van der Waals surface area contributed by atoms with Crippen LogP contribution in [-0.4, -0.2) is 26.8 Å². The normalized spacial score (nSPS) is 14.1. The number of carbonyl (C=O) groups is 1. The summed E-state index contributed by atoms with van der Waals surface area (Å²) in [6, 6.07) is 0.390. The van der Waals surface area contributed by atoms with Gasteiger partial charge in [0.1, 0.15) is 20.6 Å². The van der Waals surface area contributed by atoms with Crippen LogP contribution in [0.25, 0.3) is 10.7 Å². The van der Waals surface area contributed by atoms with Gasteiger partial charge in [-0.1, -0.05) is 18.8 Å². The Hall–Kier alpha value is -2.76. The third-order valence-electron chi connectivity index (χ3n) is 4.77. The molecule has 0 aliphatic heterocycles. The molecule has 3 N–H and O–H groups in total. The number of rotatable bonds is 5. The fourth-order valence-electron chi connectivity index (χ4n) is 3.34. The van der Waals surface area contributed by atoms with Gasteiger partial charge in [0.15, 0.2) is 0 Å². The number of anilines is 2. The van der Waals surface area contributed by atoms with Gasteiger partial charge in [-0.15, -0.1) is 29.1 Å². The van der Waals surface area contributed by atoms with Crippen LogP contribution in [0.5, 0.6) is 0 Å². The molecule has 0 saturated heterocycles. The van der Waals surface area contributed by atoms with E-state index in [-0.39, 0.29) is 5.78 Å². The zero-order chi connectivity index (χ0) is 19.7. The van der Waals surface area contributed by atoms with Crippen LogP contribution in [0.1, 0.15) is 51.5 Å². The minimum atomic E-state index is -0.149. The highest BCUT2D eigenvalue weighted by atomic mass is 32.1. The molecule has 1 fully saturated rings. The summed E-state index contributed by atoms with van der Waals surface area (Å²) >= 11 is 2.63. The lowest BCUT2D eigenvalue weighted by atomic mass is 10.1. The van der Waals surface area contributed by atoms with Crippen LogP contribution in [0.4, 0.5) is 10.7 Å². The van der Waals surface area contributed by atoms with E-state index in [4.69, 9.17) is 12.2 Å². The van der Waals surface area contributed by atoms with Crippen molar-refractivity contribution in [2.45, 2.75) is 38.6 Å². The van der Waals surface area contributed by atoms with Gasteiger partial charge < -0.3 is 11.1 Å². The van der Waals surface area contributed by atoms with Crippen LogP contribution in [0.3, 0.4) is 0 Å². The van der Waals surface area contributed by atoms with Gasteiger partial charge in [-0.2, -0.15) is 0 Å². The van der Waals surface area contributed by atoms with Crippen molar-refractivity contribution in [1.82, 2.24) is 15.0 Å². The number of aromatic nitrogens is 3. The van der Waals surface area contributed by atoms with Crippen LogP contribution < -0.4 is 11.1 Å². The van der Waals surface area contributed by atoms with Gasteiger partial charge in [-0.25, -0.2) is 4.98 Å². The van der Waals surface area contributed by atoms with E-state index in [0.717, 1.165) is 17.8 Å². The van der Waals surface area contributed by atoms with Crippen LogP contribution >= 0.6 is 22.7 Å². The molecule has 0 spiro atoms. The maximum atomic E-state index is 13.2. The minimum absolute atomic E-state index is 0.149. The number of thiophene rings is 1. The lowest BCUT2D eigenvalue weighted by Crippen LogP contribution is -2.14. The molecule has 0 amide bonds. The van der Waals surface area contributed by atoms with Gasteiger partial charge in [-0.05, 0) is 19.8 Å². The summed E-state index contributed by atoms with van der Waals surface area (Å²) < 4.78 is 0. The fourth-order valence-corrected chi connectivity index (χ4v) is 5.49. The third-order valence-corrected chi connectivity index (χ3v) is 7.09. The monoisotopic (exact) mass is 409 g/mol. The lowest BCUT2D eigenvalue weighted by molar-refractivity contribution is 0.104. The highest BCUT2D eigenvalue weighted by Gasteiger charge is 2.26. The van der Waals surface area contributed by atoms with Crippen LogP contribution in [-0.2, 0) is 0 Å². The van der Waals surface area contributed by atoms with Gasteiger partial charge >= 0.3 is 0 Å². The predicted octanol–water partition coefficient (Wildman–Crippen LogP) is 4.12. The first-order valence-corrected chi connectivity index (χ1v) is 10.7. The maximum absolute atomic E-state index is 13.2. The molecule has 0 atom stereocenters. The van der Waals surface area contributed by atoms with Crippen LogP contribution in [0.2, 0.25) is 0 Å². The first kappa shape index (κ1) is 18.6. The number of hydrogen-bond donors (Lipinski definition) is 2. The van der Waals surface area contributed by atoms with Crippen molar-refractivity contribution in [2.24, 2.45) is 0 Å². The largest absolute Gasteiger partial charge is 0.396 e. The van der Waals surface area contributed by atoms with E-state index in [1.807, 2.05) is 6.92 Å². The Labute approximate surface area is 171 Å². The Balaban J connectivity index is 1.68. The average molecular weight is 410 g/mol. The smallest absolute Gasteiger partial charge is 0.217 e. The Bertz CT molecular complexity index is 1060. The summed E-state index contributed by atoms with van der Waals surface area (Å²) in [5.74, 6) is 2.50. The Morgan fingerprint density at radius 1 is 1.29 bits per heavy atom. The number of nitrogen functional groups attached to an aromatic ring is 1. The van der Waals surface area contributed by atoms with Crippen molar-refractivity contribution >= 4 is 39.1 Å². The first-order chi connectivity index (χ1) is 13.6. The van der Waals surface area contributed by atoms with Gasteiger partial charge in [0.2, 0.25) is 5.78 Å². The summed E-state index contributed by atoms with van der Waals surface area (Å²) in [6.07, 6.45) is 15.2. The second kappa shape index (κ2) is 7.70. The van der Waals surface area contributed by atoms with Crippen molar-refractivity contribution in [3.63, 3.8) is 0 Å². The van der Waals surface area contributed by atoms with Gasteiger partial charge in [-0.3, -0.25) is 14.8 Å². The molecule has 0 aromatic carbocycles. The summed E-state index contributed by atoms with van der Waals surface area (Å²) in [7, 11) is 0. The number of nitrogens with zero attached hydrogens (tertiary/aromatic N) is 3. The molecule has 28 heavy (non-hydrogen) atoms. The van der Waals surface area contributed by atoms with Gasteiger partial charge in [0.25, 0.3) is 0 Å². The molecule has 0 bridgehead atoms. The molecule has 3 aromatic rings. The van der Waals surface area contributed by atoms with Crippen molar-refractivity contribution in [1.29, 1.82) is 0 Å². The van der Waals surface area contributed by atoms with Crippen molar-refractivity contribution < 1.29 is 4.79 Å². The molecule has 8 heteroatoms. The van der Waals surface area contributed by atoms with Crippen molar-refractivity contribution in [3.05, 3.63) is 39.6 Å². The molecule has 4 rings (SSSR count). The number of ketones is 1. The van der Waals surface area contributed by atoms with Gasteiger partial charge in [0.05, 0.1) is 28.0 Å². The zero-order valence-electron chi connectivity index (χ0n) is 15.4. The lowest BCUT2D eigenvalue weighted by Gasteiger charge is -2.11. The van der Waals surface area contributed by atoms with E-state index in [1.54, 1.807) is 18.6 Å². The van der Waals surface area contributed by atoms with E-state index < -0.39 is 0 Å². The number of aryl methyl sites for hydroxylation is 1. The highest BCUT2D eigenvalue weighted by Crippen LogP contribution is 2.39. The molecule has 1 aliphatic carbocycles. The molecule has 0 radical (unpaired) electrons. The van der Waals surface area contributed by atoms with Crippen LogP contribution in [0.15, 0.2) is 18.6 Å². The number of nitrogens with two attached hydrogens (primary N) is 1. The second-order valence-electron chi connectivity index (χ2n) is 6.67. The number of nitrogens with one attached hydrogen (secondary N) is 1. The van der Waals surface area contributed by atoms with E-state index in [2.05, 4.69) is 26.2 Å². The molecule has 6 nitrogen and oxygen atoms in total. The number of thiazole rings is 1. The number of hydrogen-bond acceptors (Lipinski definition) is 8. The average Bonchev–Trinajstić information content (AvgIpc) is 3.42. The third kappa shape index (κ3) is 3.39. The molecule has 142 valence electrons. The van der Waals surface area contributed by atoms with E-state index >= 15 is 0 Å². The topological polar surface area (TPSA) is 93.8 Å². The molecular formula is C20H19N5OS2. The second-order valence-corrected chi connectivity index (χ2v) is 8.69. The zero-order valence-corrected chi connectivity index (χ0v) is 17.0. The predicted molar refractivity (Wildman–Crippen MR) is 114 cm³/mol. The van der Waals surface area contributed by atoms with Crippen molar-refractivity contribution in [3.8, 4) is 23.0 Å². The maximum Gasteiger partial charge on any atom is 0.217 e. The standard InChI is InChI=1S/C20H19N5OS2/c1-3-13-15(21)18(28-19(13)25-12-6-4-5-7-12)16(26)17-11(2)24-20(27-17)14-10-22-8-9-23-14/h1,8-10,12,25H,4-7,21H2,2H3.